The number of nitrogens with one attached hydrogen (secondary N) is 1. The van der Waals surface area contributed by atoms with Gasteiger partial charge in [-0.05, 0) is 44.2 Å². The van der Waals surface area contributed by atoms with E-state index in [1.807, 2.05) is 30.3 Å². The van der Waals surface area contributed by atoms with Crippen LogP contribution in [0.5, 0.6) is 5.75 Å². The van der Waals surface area contributed by atoms with Crippen LogP contribution in [0.1, 0.15) is 25.0 Å². The van der Waals surface area contributed by atoms with Gasteiger partial charge < -0.3 is 15.8 Å². The first kappa shape index (κ1) is 22.2. The maximum atomic E-state index is 6.05. The fraction of sp³-hybridized carbons (Fsp3) is 0.350. The minimum atomic E-state index is 0. The maximum Gasteiger partial charge on any atom is 0.193 e. The van der Waals surface area contributed by atoms with Gasteiger partial charge in [0.2, 0.25) is 0 Å². The Morgan fingerprint density at radius 2 is 1.73 bits per heavy atom. The molecule has 0 radical (unpaired) electrons. The van der Waals surface area contributed by atoms with E-state index in [9.17, 15) is 0 Å². The van der Waals surface area contributed by atoms with Crippen LogP contribution in [-0.4, -0.2) is 31.1 Å². The summed E-state index contributed by atoms with van der Waals surface area (Å²) < 4.78 is 5.32. The second kappa shape index (κ2) is 11.0. The van der Waals surface area contributed by atoms with Crippen LogP contribution in [0.4, 0.5) is 5.69 Å². The van der Waals surface area contributed by atoms with Gasteiger partial charge in [0.25, 0.3) is 0 Å². The quantitative estimate of drug-likeness (QED) is 0.365. The molecule has 0 atom stereocenters. The average Bonchev–Trinajstić information content (AvgIpc) is 2.61. The Morgan fingerprint density at radius 1 is 1.12 bits per heavy atom. The highest BCUT2D eigenvalue weighted by atomic mass is 127. The fourth-order valence-electron chi connectivity index (χ4n) is 2.41. The van der Waals surface area contributed by atoms with Crippen molar-refractivity contribution in [3.8, 4) is 5.75 Å². The third-order valence-corrected chi connectivity index (χ3v) is 4.21. The Bertz CT molecular complexity index is 718. The minimum absolute atomic E-state index is 0. The lowest BCUT2D eigenvalue weighted by Crippen LogP contribution is -2.26. The number of benzene rings is 2. The number of halogens is 1. The first-order valence-electron chi connectivity index (χ1n) is 8.48. The molecule has 0 heterocycles. The number of guanidine groups is 1. The molecule has 0 aliphatic heterocycles. The largest absolute Gasteiger partial charge is 0.495 e. The van der Waals surface area contributed by atoms with Crippen LogP contribution in [0.3, 0.4) is 0 Å². The van der Waals surface area contributed by atoms with Gasteiger partial charge in [0, 0.05) is 12.6 Å². The summed E-state index contributed by atoms with van der Waals surface area (Å²) in [6.45, 7) is 5.81. The molecule has 0 fully saturated rings. The van der Waals surface area contributed by atoms with E-state index >= 15 is 0 Å². The second-order valence-electron chi connectivity index (χ2n) is 6.30. The molecule has 26 heavy (non-hydrogen) atoms. The lowest BCUT2D eigenvalue weighted by atomic mass is 10.1. The van der Waals surface area contributed by atoms with Crippen LogP contribution in [0.2, 0.25) is 0 Å². The molecule has 0 aliphatic rings. The standard InChI is InChI=1S/C20H28N4O.HI/c1-15(2)24(3)14-17-10-6-5-9-16(17)13-22-20(21)23-18-11-7-8-12-19(18)25-4;/h5-12,15H,13-14H2,1-4H3,(H3,21,22,23);1H. The molecule has 6 heteroatoms. The highest BCUT2D eigenvalue weighted by Gasteiger charge is 2.08. The summed E-state index contributed by atoms with van der Waals surface area (Å²) in [5.74, 6) is 1.11. The third kappa shape index (κ3) is 6.49. The Balaban J connectivity index is 0.00000338. The van der Waals surface area contributed by atoms with Gasteiger partial charge in [-0.3, -0.25) is 4.90 Å². The molecule has 0 amide bonds. The molecule has 0 bridgehead atoms. The van der Waals surface area contributed by atoms with E-state index in [0.717, 1.165) is 18.0 Å². The van der Waals surface area contributed by atoms with Gasteiger partial charge in [0.1, 0.15) is 5.75 Å². The monoisotopic (exact) mass is 468 g/mol. The molecule has 2 aromatic carbocycles. The first-order chi connectivity index (χ1) is 12.0. The highest BCUT2D eigenvalue weighted by Crippen LogP contribution is 2.22. The van der Waals surface area contributed by atoms with E-state index in [2.05, 4.69) is 54.3 Å². The molecule has 0 spiro atoms. The van der Waals surface area contributed by atoms with E-state index in [-0.39, 0.29) is 24.0 Å². The van der Waals surface area contributed by atoms with E-state index in [1.165, 1.54) is 11.1 Å². The van der Waals surface area contributed by atoms with E-state index in [1.54, 1.807) is 7.11 Å². The van der Waals surface area contributed by atoms with Crippen LogP contribution in [0.25, 0.3) is 0 Å². The molecular weight excluding hydrogens is 439 g/mol. The molecule has 0 aromatic heterocycles. The van der Waals surface area contributed by atoms with E-state index < -0.39 is 0 Å². The predicted molar refractivity (Wildman–Crippen MR) is 120 cm³/mol. The van der Waals surface area contributed by atoms with Crippen LogP contribution < -0.4 is 15.8 Å². The van der Waals surface area contributed by atoms with Crippen molar-refractivity contribution in [3.63, 3.8) is 0 Å². The summed E-state index contributed by atoms with van der Waals surface area (Å²) in [4.78, 5) is 6.79. The second-order valence-corrected chi connectivity index (χ2v) is 6.30. The van der Waals surface area contributed by atoms with Gasteiger partial charge in [-0.25, -0.2) is 4.99 Å². The number of nitrogens with zero attached hydrogens (tertiary/aromatic N) is 2. The SMILES string of the molecule is COc1ccccc1NC(N)=NCc1ccccc1CN(C)C(C)C.I. The normalized spacial score (nSPS) is 11.4. The van der Waals surface area contributed by atoms with Crippen LogP contribution in [0, 0.1) is 0 Å². The molecule has 5 nitrogen and oxygen atoms in total. The van der Waals surface area contributed by atoms with Gasteiger partial charge in [-0.1, -0.05) is 36.4 Å². The molecule has 0 saturated heterocycles. The van der Waals surface area contributed by atoms with Crippen molar-refractivity contribution in [1.82, 2.24) is 4.90 Å². The van der Waals surface area contributed by atoms with E-state index in [4.69, 9.17) is 10.5 Å². The van der Waals surface area contributed by atoms with Crippen molar-refractivity contribution < 1.29 is 4.74 Å². The third-order valence-electron chi connectivity index (χ3n) is 4.21. The topological polar surface area (TPSA) is 62.9 Å². The molecular formula is C20H29IN4O. The zero-order chi connectivity index (χ0) is 18.2. The number of methoxy groups -OCH3 is 1. The van der Waals surface area contributed by atoms with E-state index in [0.29, 0.717) is 18.5 Å². The number of rotatable bonds is 7. The van der Waals surface area contributed by atoms with Crippen molar-refractivity contribution in [3.05, 3.63) is 59.7 Å². The zero-order valence-electron chi connectivity index (χ0n) is 15.9. The maximum absolute atomic E-state index is 6.05. The molecule has 2 rings (SSSR count). The molecule has 0 aliphatic carbocycles. The van der Waals surface area contributed by atoms with Crippen LogP contribution in [0.15, 0.2) is 53.5 Å². The Labute approximate surface area is 173 Å². The summed E-state index contributed by atoms with van der Waals surface area (Å²) in [5, 5.41) is 3.10. The summed E-state index contributed by atoms with van der Waals surface area (Å²) in [6, 6.07) is 16.5. The Kier molecular flexibility index (Phi) is 9.43. The lowest BCUT2D eigenvalue weighted by molar-refractivity contribution is 0.265. The number of para-hydroxylation sites is 2. The number of anilines is 1. The van der Waals surface area contributed by atoms with Crippen molar-refractivity contribution >= 4 is 35.6 Å². The Morgan fingerprint density at radius 3 is 2.38 bits per heavy atom. The number of hydrogen-bond donors (Lipinski definition) is 2. The minimum Gasteiger partial charge on any atom is -0.495 e. The Hall–Kier alpha value is -1.80. The molecule has 3 N–H and O–H groups in total. The van der Waals surface area contributed by atoms with Crippen LogP contribution >= 0.6 is 24.0 Å². The lowest BCUT2D eigenvalue weighted by Gasteiger charge is -2.22. The van der Waals surface area contributed by atoms with Gasteiger partial charge in [-0.2, -0.15) is 0 Å². The fourth-order valence-corrected chi connectivity index (χ4v) is 2.41. The first-order valence-corrected chi connectivity index (χ1v) is 8.48. The summed E-state index contributed by atoms with van der Waals surface area (Å²) >= 11 is 0. The van der Waals surface area contributed by atoms with Crippen molar-refractivity contribution in [2.24, 2.45) is 10.7 Å². The molecule has 2 aromatic rings. The highest BCUT2D eigenvalue weighted by molar-refractivity contribution is 14.0. The van der Waals surface area contributed by atoms with Gasteiger partial charge in [0.05, 0.1) is 19.3 Å². The van der Waals surface area contributed by atoms with Gasteiger partial charge in [-0.15, -0.1) is 24.0 Å². The molecule has 0 saturated carbocycles. The number of hydrogen-bond acceptors (Lipinski definition) is 3. The average molecular weight is 468 g/mol. The van der Waals surface area contributed by atoms with Gasteiger partial charge in [0.15, 0.2) is 5.96 Å². The van der Waals surface area contributed by atoms with Crippen LogP contribution in [-0.2, 0) is 13.1 Å². The smallest absolute Gasteiger partial charge is 0.193 e. The molecule has 142 valence electrons. The number of aliphatic imine (C=N–C) groups is 1. The van der Waals surface area contributed by atoms with Gasteiger partial charge >= 0.3 is 0 Å². The van der Waals surface area contributed by atoms with Crippen molar-refractivity contribution in [2.75, 3.05) is 19.5 Å². The summed E-state index contributed by atoms with van der Waals surface area (Å²) in [6.07, 6.45) is 0. The number of nitrogens with two attached hydrogens (primary N) is 1. The van der Waals surface area contributed by atoms with Crippen molar-refractivity contribution in [1.29, 1.82) is 0 Å². The molecule has 0 unspecified atom stereocenters. The summed E-state index contributed by atoms with van der Waals surface area (Å²) in [7, 11) is 3.76. The predicted octanol–water partition coefficient (Wildman–Crippen LogP) is 4.08. The van der Waals surface area contributed by atoms with Crippen molar-refractivity contribution in [2.45, 2.75) is 33.0 Å². The number of ether oxygens (including phenoxy) is 1. The summed E-state index contributed by atoms with van der Waals surface area (Å²) in [5.41, 5.74) is 9.31. The zero-order valence-corrected chi connectivity index (χ0v) is 18.2.